The number of fused-ring (bicyclic) bond motifs is 8. The smallest absolute Gasteiger partial charge is 0.178 e. The largest absolute Gasteiger partial charge is 0.472 e. The zero-order valence-electron chi connectivity index (χ0n) is 19.1. The molecule has 0 N–H and O–H groups in total. The van der Waals surface area contributed by atoms with E-state index in [1.807, 2.05) is 0 Å². The summed E-state index contributed by atoms with van der Waals surface area (Å²) in [6.07, 6.45) is 5.48. The Balaban J connectivity index is 1.57. The molecule has 7 rings (SSSR count). The Morgan fingerprint density at radius 3 is 2.12 bits per heavy atom. The van der Waals surface area contributed by atoms with Crippen LogP contribution in [0.2, 0.25) is 0 Å². The van der Waals surface area contributed by atoms with E-state index < -0.39 is 5.60 Å². The molecule has 2 aliphatic rings. The van der Waals surface area contributed by atoms with Crippen molar-refractivity contribution in [1.82, 2.24) is 0 Å². The van der Waals surface area contributed by atoms with Gasteiger partial charge in [-0.1, -0.05) is 109 Å². The van der Waals surface area contributed by atoms with Gasteiger partial charge in [0, 0.05) is 22.3 Å². The van der Waals surface area contributed by atoms with Crippen molar-refractivity contribution in [1.29, 1.82) is 0 Å². The van der Waals surface area contributed by atoms with Crippen molar-refractivity contribution in [3.05, 3.63) is 143 Å². The van der Waals surface area contributed by atoms with Crippen LogP contribution in [0.3, 0.4) is 0 Å². The monoisotopic (exact) mass is 436 g/mol. The lowest BCUT2D eigenvalue weighted by Gasteiger charge is -2.37. The van der Waals surface area contributed by atoms with Crippen LogP contribution in [0.1, 0.15) is 33.4 Å². The minimum Gasteiger partial charge on any atom is -0.472 e. The molecule has 0 spiro atoms. The van der Waals surface area contributed by atoms with Gasteiger partial charge in [-0.15, -0.1) is 0 Å². The quantitative estimate of drug-likeness (QED) is 0.267. The number of benzene rings is 5. The maximum absolute atomic E-state index is 7.25. The lowest BCUT2D eigenvalue weighted by atomic mass is 9.82. The summed E-state index contributed by atoms with van der Waals surface area (Å²) in [6.45, 7) is 2.17. The Bertz CT molecular complexity index is 1550. The van der Waals surface area contributed by atoms with Crippen LogP contribution in [0.5, 0.6) is 5.75 Å². The molecule has 5 aromatic rings. The standard InChI is InChI=1S/C33H24O/c1-22-16-17-27-29(20-22)28-18-19-33(24-11-4-2-5-12-24,25-13-6-3-7-14-25)34-32(28)31-26-15-9-8-10-23(26)21-30(27)31/h2-20H,21H2,1H3. The van der Waals surface area contributed by atoms with Gasteiger partial charge in [-0.25, -0.2) is 0 Å². The van der Waals surface area contributed by atoms with Gasteiger partial charge in [0.05, 0.1) is 0 Å². The molecule has 1 aliphatic heterocycles. The molecule has 1 heterocycles. The van der Waals surface area contributed by atoms with Gasteiger partial charge < -0.3 is 4.74 Å². The van der Waals surface area contributed by atoms with Crippen LogP contribution in [0, 0.1) is 6.92 Å². The summed E-state index contributed by atoms with van der Waals surface area (Å²) < 4.78 is 7.25. The van der Waals surface area contributed by atoms with Gasteiger partial charge in [0.25, 0.3) is 0 Å². The molecule has 0 bridgehead atoms. The fourth-order valence-corrected chi connectivity index (χ4v) is 5.77. The number of hydrogen-bond donors (Lipinski definition) is 0. The Morgan fingerprint density at radius 1 is 0.706 bits per heavy atom. The molecule has 5 aromatic carbocycles. The van der Waals surface area contributed by atoms with E-state index in [-0.39, 0.29) is 0 Å². The van der Waals surface area contributed by atoms with E-state index in [1.165, 1.54) is 44.2 Å². The molecule has 0 unspecified atom stereocenters. The highest BCUT2D eigenvalue weighted by Crippen LogP contribution is 2.53. The fourth-order valence-electron chi connectivity index (χ4n) is 5.77. The third-order valence-electron chi connectivity index (χ3n) is 7.37. The average molecular weight is 437 g/mol. The first-order chi connectivity index (χ1) is 16.7. The van der Waals surface area contributed by atoms with Crippen molar-refractivity contribution in [3.63, 3.8) is 0 Å². The predicted molar refractivity (Wildman–Crippen MR) is 140 cm³/mol. The zero-order valence-corrected chi connectivity index (χ0v) is 19.1. The summed E-state index contributed by atoms with van der Waals surface area (Å²) in [5.41, 5.74) is 9.32. The maximum atomic E-state index is 7.25. The SMILES string of the molecule is Cc1ccc2c3c(c4c(c2c1)C=CC(c1ccccc1)(c1ccccc1)O4)-c1ccccc1C3. The Kier molecular flexibility index (Phi) is 4.10. The van der Waals surface area contributed by atoms with Crippen molar-refractivity contribution >= 4 is 16.8 Å². The zero-order chi connectivity index (χ0) is 22.7. The van der Waals surface area contributed by atoms with E-state index in [0.29, 0.717) is 0 Å². The van der Waals surface area contributed by atoms with Crippen molar-refractivity contribution in [2.24, 2.45) is 0 Å². The molecule has 0 radical (unpaired) electrons. The van der Waals surface area contributed by atoms with Crippen molar-refractivity contribution in [2.45, 2.75) is 18.9 Å². The second kappa shape index (κ2) is 7.20. The molecule has 0 amide bonds. The van der Waals surface area contributed by atoms with Gasteiger partial charge in [0.2, 0.25) is 0 Å². The predicted octanol–water partition coefficient (Wildman–Crippen LogP) is 8.07. The van der Waals surface area contributed by atoms with Gasteiger partial charge in [-0.2, -0.15) is 0 Å². The van der Waals surface area contributed by atoms with Gasteiger partial charge >= 0.3 is 0 Å². The van der Waals surface area contributed by atoms with Gasteiger partial charge in [-0.05, 0) is 53.0 Å². The molecule has 0 saturated carbocycles. The third-order valence-corrected chi connectivity index (χ3v) is 7.37. The molecule has 0 atom stereocenters. The van der Waals surface area contributed by atoms with E-state index in [1.54, 1.807) is 0 Å². The highest BCUT2D eigenvalue weighted by molar-refractivity contribution is 6.05. The molecule has 1 heteroatoms. The first-order valence-corrected chi connectivity index (χ1v) is 11.9. The minimum atomic E-state index is -0.682. The number of ether oxygens (including phenoxy) is 1. The van der Waals surface area contributed by atoms with Crippen LogP contribution in [-0.4, -0.2) is 0 Å². The van der Waals surface area contributed by atoms with Gasteiger partial charge in [0.1, 0.15) is 5.75 Å². The second-order valence-corrected chi connectivity index (χ2v) is 9.38. The van der Waals surface area contributed by atoms with Gasteiger partial charge in [-0.3, -0.25) is 0 Å². The highest BCUT2D eigenvalue weighted by atomic mass is 16.5. The highest BCUT2D eigenvalue weighted by Gasteiger charge is 2.40. The summed E-state index contributed by atoms with van der Waals surface area (Å²) in [6, 6.07) is 36.8. The molecule has 34 heavy (non-hydrogen) atoms. The van der Waals surface area contributed by atoms with Gasteiger partial charge in [0.15, 0.2) is 5.60 Å². The van der Waals surface area contributed by atoms with Crippen LogP contribution >= 0.6 is 0 Å². The maximum Gasteiger partial charge on any atom is 0.178 e. The Labute approximate surface area is 200 Å². The van der Waals surface area contributed by atoms with Crippen molar-refractivity contribution in [2.75, 3.05) is 0 Å². The molecule has 162 valence electrons. The summed E-state index contributed by atoms with van der Waals surface area (Å²) in [5, 5.41) is 2.60. The minimum absolute atomic E-state index is 0.682. The van der Waals surface area contributed by atoms with Crippen LogP contribution in [0.4, 0.5) is 0 Å². The van der Waals surface area contributed by atoms with E-state index in [9.17, 15) is 0 Å². The van der Waals surface area contributed by atoms with E-state index in [4.69, 9.17) is 4.74 Å². The third kappa shape index (κ3) is 2.67. The molecule has 1 aliphatic carbocycles. The van der Waals surface area contributed by atoms with Crippen LogP contribution in [-0.2, 0) is 12.0 Å². The number of aryl methyl sites for hydroxylation is 1. The van der Waals surface area contributed by atoms with Crippen molar-refractivity contribution < 1.29 is 4.74 Å². The second-order valence-electron chi connectivity index (χ2n) is 9.38. The van der Waals surface area contributed by atoms with Crippen LogP contribution in [0.15, 0.2) is 109 Å². The molecule has 0 aromatic heterocycles. The van der Waals surface area contributed by atoms with Crippen molar-refractivity contribution in [3.8, 4) is 16.9 Å². The topological polar surface area (TPSA) is 9.23 Å². The van der Waals surface area contributed by atoms with Crippen LogP contribution < -0.4 is 4.74 Å². The molecule has 0 fully saturated rings. The summed E-state index contributed by atoms with van der Waals surface area (Å²) >= 11 is 0. The fraction of sp³-hybridized carbons (Fsp3) is 0.0909. The normalized spacial score (nSPS) is 14.9. The Hall–Kier alpha value is -4.10. The molecular formula is C33H24O. The summed E-state index contributed by atoms with van der Waals surface area (Å²) in [4.78, 5) is 0. The first-order valence-electron chi connectivity index (χ1n) is 11.9. The van der Waals surface area contributed by atoms with E-state index >= 15 is 0 Å². The number of rotatable bonds is 2. The van der Waals surface area contributed by atoms with Crippen LogP contribution in [0.25, 0.3) is 28.0 Å². The van der Waals surface area contributed by atoms with E-state index in [0.717, 1.165) is 23.3 Å². The first kappa shape index (κ1) is 19.4. The molecule has 1 nitrogen and oxygen atoms in total. The lowest BCUT2D eigenvalue weighted by Crippen LogP contribution is -2.34. The van der Waals surface area contributed by atoms with E-state index in [2.05, 4.69) is 122 Å². The molecule has 0 saturated heterocycles. The summed E-state index contributed by atoms with van der Waals surface area (Å²) in [7, 11) is 0. The molecular weight excluding hydrogens is 412 g/mol. The lowest BCUT2D eigenvalue weighted by molar-refractivity contribution is 0.162. The number of hydrogen-bond acceptors (Lipinski definition) is 1. The summed E-state index contributed by atoms with van der Waals surface area (Å²) in [5.74, 6) is 0.994. The average Bonchev–Trinajstić information content (AvgIpc) is 3.29. The Morgan fingerprint density at radius 2 is 1.38 bits per heavy atom.